The van der Waals surface area contributed by atoms with Crippen molar-refractivity contribution in [2.75, 3.05) is 0 Å². The molecule has 0 saturated carbocycles. The van der Waals surface area contributed by atoms with Gasteiger partial charge in [-0.2, -0.15) is 0 Å². The number of rotatable bonds is 0. The Balaban J connectivity index is -0.0000000300. The molecule has 0 aliphatic heterocycles. The second-order valence-electron chi connectivity index (χ2n) is 3.46. The molecular weight excluding hydrogens is 197 g/mol. The Labute approximate surface area is 87.4 Å². The van der Waals surface area contributed by atoms with Gasteiger partial charge in [0.15, 0.2) is 0 Å². The van der Waals surface area contributed by atoms with E-state index in [1.807, 2.05) is 0 Å². The lowest BCUT2D eigenvalue weighted by molar-refractivity contribution is 1.91. The summed E-state index contributed by atoms with van der Waals surface area (Å²) in [4.78, 5) is 0. The van der Waals surface area contributed by atoms with Gasteiger partial charge >= 0.3 is 0 Å². The molecule has 0 aliphatic carbocycles. The fraction of sp³-hybridized carbons (Fsp3) is 1.00. The van der Waals surface area contributed by atoms with E-state index in [-0.39, 0.29) is 53.1 Å². The fourth-order valence-electron chi connectivity index (χ4n) is 0. The second kappa shape index (κ2) is 16.9. The summed E-state index contributed by atoms with van der Waals surface area (Å²) in [5, 5.41) is 0. The first-order valence-corrected chi connectivity index (χ1v) is 10.4. The molecule has 0 aromatic rings. The van der Waals surface area contributed by atoms with E-state index in [2.05, 4.69) is 34.7 Å². The third-order valence-corrected chi connectivity index (χ3v) is 0. The van der Waals surface area contributed by atoms with Crippen LogP contribution in [0.5, 0.6) is 0 Å². The Bertz CT molecular complexity index is 29.2. The molecule has 0 radical (unpaired) electrons. The quantitative estimate of drug-likeness (QED) is 0.544. The Morgan fingerprint density at radius 3 is 0.500 bits per heavy atom. The van der Waals surface area contributed by atoms with Gasteiger partial charge in [0.2, 0.25) is 0 Å². The van der Waals surface area contributed by atoms with E-state index < -0.39 is 0 Å². The van der Waals surface area contributed by atoms with Crippen molar-refractivity contribution >= 4 is 53.1 Å². The largest absolute Gasteiger partial charge is 0.251 e. The van der Waals surface area contributed by atoms with E-state index in [9.17, 15) is 0 Å². The molecular formula is C6H20Al2Cl2. The summed E-state index contributed by atoms with van der Waals surface area (Å²) in [6, 6.07) is 0. The van der Waals surface area contributed by atoms with Crippen LogP contribution in [0.25, 0.3) is 0 Å². The van der Waals surface area contributed by atoms with Gasteiger partial charge in [-0.05, 0) is 0 Å². The van der Waals surface area contributed by atoms with Crippen LogP contribution in [0, 0.1) is 0 Å². The number of hydrogen-bond acceptors (Lipinski definition) is 0. The van der Waals surface area contributed by atoms with E-state index in [4.69, 9.17) is 0 Å². The van der Waals surface area contributed by atoms with Crippen molar-refractivity contribution in [2.45, 2.75) is 34.7 Å². The van der Waals surface area contributed by atoms with Crippen LogP contribution in [0.2, 0.25) is 34.7 Å². The summed E-state index contributed by atoms with van der Waals surface area (Å²) < 4.78 is 0. The minimum Gasteiger partial charge on any atom is -0.147 e. The molecule has 0 spiro atoms. The molecule has 4 heteroatoms. The molecule has 64 valence electrons. The van der Waals surface area contributed by atoms with Gasteiger partial charge in [0.05, 0.1) is 0 Å². The second-order valence-corrected chi connectivity index (χ2v) is 10.4. The van der Waals surface area contributed by atoms with Crippen LogP contribution in [0.15, 0.2) is 0 Å². The molecule has 0 nitrogen and oxygen atoms in total. The molecule has 0 amide bonds. The molecule has 0 atom stereocenters. The van der Waals surface area contributed by atoms with Gasteiger partial charge in [-0.15, -0.1) is 59.5 Å². The van der Waals surface area contributed by atoms with E-state index >= 15 is 0 Å². The summed E-state index contributed by atoms with van der Waals surface area (Å²) in [5.41, 5.74) is 0. The highest BCUT2D eigenvalue weighted by atomic mass is 35.5. The fourth-order valence-corrected chi connectivity index (χ4v) is 0. The average molecular weight is 217 g/mol. The first kappa shape index (κ1) is 22.6. The molecule has 0 N–H and O–H groups in total. The zero-order valence-corrected chi connectivity index (χ0v) is 11.9. The summed E-state index contributed by atoms with van der Waals surface area (Å²) in [5.74, 6) is 13.8. The maximum absolute atomic E-state index is 2.31. The predicted octanol–water partition coefficient (Wildman–Crippen LogP) is 3.58. The van der Waals surface area contributed by atoms with Crippen molar-refractivity contribution in [3.8, 4) is 0 Å². The van der Waals surface area contributed by atoms with Crippen LogP contribution in [-0.2, 0) is 0 Å². The van der Waals surface area contributed by atoms with E-state index in [1.165, 1.54) is 0 Å². The van der Waals surface area contributed by atoms with Gasteiger partial charge in [0, 0.05) is 0 Å². The SMILES string of the molecule is Cl.Cl.[CH3][Al]([CH3])[CH3].[CH3][Al]([CH3])[CH3]. The molecule has 0 fully saturated rings. The molecule has 0 rings (SSSR count). The summed E-state index contributed by atoms with van der Waals surface area (Å²) >= 11 is -0.278. The van der Waals surface area contributed by atoms with Crippen LogP contribution in [0.3, 0.4) is 0 Å². The predicted molar refractivity (Wildman–Crippen MR) is 61.2 cm³/mol. The first-order valence-electron chi connectivity index (χ1n) is 3.46. The number of halogens is 2. The highest BCUT2D eigenvalue weighted by Gasteiger charge is 1.82. The van der Waals surface area contributed by atoms with Crippen LogP contribution in [0.4, 0.5) is 0 Å². The van der Waals surface area contributed by atoms with Gasteiger partial charge in [-0.3, -0.25) is 0 Å². The maximum Gasteiger partial charge on any atom is 0.251 e. The minimum atomic E-state index is -0.139. The van der Waals surface area contributed by atoms with Gasteiger partial charge in [-0.1, -0.05) is 0 Å². The van der Waals surface area contributed by atoms with E-state index in [0.717, 1.165) is 0 Å². The third-order valence-electron chi connectivity index (χ3n) is 0. The molecule has 0 saturated heterocycles. The maximum atomic E-state index is 2.31. The molecule has 0 heterocycles. The molecule has 0 aromatic heterocycles. The third kappa shape index (κ3) is 266. The van der Waals surface area contributed by atoms with Gasteiger partial charge in [0.1, 0.15) is 0 Å². The summed E-state index contributed by atoms with van der Waals surface area (Å²) in [7, 11) is 0. The first-order chi connectivity index (χ1) is 3.46. The standard InChI is InChI=1S/6CH3.2Al.2ClH/h6*1H3;;;2*1H. The Kier molecular flexibility index (Phi) is 38.3. The smallest absolute Gasteiger partial charge is 0.147 e. The average Bonchev–Trinajstić information content (AvgIpc) is 1.25. The molecule has 0 aromatic carbocycles. The highest BCUT2D eigenvalue weighted by molar-refractivity contribution is 6.54. The molecule has 10 heavy (non-hydrogen) atoms. The van der Waals surface area contributed by atoms with Gasteiger partial charge in [-0.25, -0.2) is 0 Å². The van der Waals surface area contributed by atoms with Crippen LogP contribution >= 0.6 is 24.8 Å². The highest BCUT2D eigenvalue weighted by Crippen LogP contribution is 1.68. The van der Waals surface area contributed by atoms with Crippen molar-refractivity contribution in [3.63, 3.8) is 0 Å². The Morgan fingerprint density at radius 2 is 0.500 bits per heavy atom. The van der Waals surface area contributed by atoms with Crippen LogP contribution < -0.4 is 0 Å². The topological polar surface area (TPSA) is 0 Å². The van der Waals surface area contributed by atoms with E-state index in [1.54, 1.807) is 0 Å². The monoisotopic (exact) mass is 216 g/mol. The lowest BCUT2D eigenvalue weighted by Gasteiger charge is -1.67. The van der Waals surface area contributed by atoms with Crippen molar-refractivity contribution in [2.24, 2.45) is 0 Å². The van der Waals surface area contributed by atoms with Crippen molar-refractivity contribution in [1.82, 2.24) is 0 Å². The zero-order valence-electron chi connectivity index (χ0n) is 7.97. The van der Waals surface area contributed by atoms with Crippen molar-refractivity contribution in [3.05, 3.63) is 0 Å². The normalized spacial score (nSPS) is 5.40. The molecule has 0 bridgehead atoms. The zero-order chi connectivity index (χ0) is 7.15. The lowest BCUT2D eigenvalue weighted by atomic mass is 11.8. The molecule has 0 aliphatic rings. The van der Waals surface area contributed by atoms with E-state index in [0.29, 0.717) is 0 Å². The van der Waals surface area contributed by atoms with Gasteiger partial charge < -0.3 is 0 Å². The lowest BCUT2D eigenvalue weighted by Crippen LogP contribution is -1.84. The molecule has 0 unspecified atom stereocenters. The Hall–Kier alpha value is 1.64. The van der Waals surface area contributed by atoms with Crippen LogP contribution in [-0.4, -0.2) is 28.3 Å². The minimum absolute atomic E-state index is 0. The number of hydrogen-bond donors (Lipinski definition) is 0. The van der Waals surface area contributed by atoms with Crippen molar-refractivity contribution < 1.29 is 0 Å². The van der Waals surface area contributed by atoms with Crippen LogP contribution in [0.1, 0.15) is 0 Å². The van der Waals surface area contributed by atoms with Gasteiger partial charge in [0.25, 0.3) is 28.3 Å². The summed E-state index contributed by atoms with van der Waals surface area (Å²) in [6.07, 6.45) is 0. The summed E-state index contributed by atoms with van der Waals surface area (Å²) in [6.45, 7) is 0. The Morgan fingerprint density at radius 1 is 0.500 bits per heavy atom. The van der Waals surface area contributed by atoms with Crippen molar-refractivity contribution in [1.29, 1.82) is 0 Å².